The lowest BCUT2D eigenvalue weighted by Crippen LogP contribution is -2.41. The summed E-state index contributed by atoms with van der Waals surface area (Å²) in [4.78, 5) is 14.6. The Labute approximate surface area is 145 Å². The zero-order valence-corrected chi connectivity index (χ0v) is 14.7. The van der Waals surface area contributed by atoms with Crippen molar-refractivity contribution in [2.45, 2.75) is 31.7 Å². The van der Waals surface area contributed by atoms with Gasteiger partial charge in [0, 0.05) is 26.1 Å². The van der Waals surface area contributed by atoms with Gasteiger partial charge in [0.05, 0.1) is 25.3 Å². The largest absolute Gasteiger partial charge is 0.380 e. The third-order valence-electron chi connectivity index (χ3n) is 4.77. The monoisotopic (exact) mass is 346 g/mol. The molecule has 4 rings (SSSR count). The van der Waals surface area contributed by atoms with Gasteiger partial charge in [-0.15, -0.1) is 5.10 Å². The number of amides is 1. The SMILES string of the molecule is Cn1nnc2c1[C@@H](COCC1CC1)CN(C(=O)Cc1ccsc1)C2. The molecule has 0 bridgehead atoms. The second-order valence-electron chi connectivity index (χ2n) is 6.81. The highest BCUT2D eigenvalue weighted by molar-refractivity contribution is 7.07. The van der Waals surface area contributed by atoms with Gasteiger partial charge in [0.2, 0.25) is 5.91 Å². The first-order chi connectivity index (χ1) is 11.7. The predicted octanol–water partition coefficient (Wildman–Crippen LogP) is 1.97. The highest BCUT2D eigenvalue weighted by Crippen LogP contribution is 2.31. The lowest BCUT2D eigenvalue weighted by molar-refractivity contribution is -0.132. The van der Waals surface area contributed by atoms with Crippen LogP contribution in [0.5, 0.6) is 0 Å². The number of thiophene rings is 1. The van der Waals surface area contributed by atoms with E-state index in [9.17, 15) is 4.79 Å². The average molecular weight is 346 g/mol. The van der Waals surface area contributed by atoms with Crippen LogP contribution in [0.15, 0.2) is 16.8 Å². The fraction of sp³-hybridized carbons (Fsp3) is 0.588. The molecule has 1 saturated carbocycles. The van der Waals surface area contributed by atoms with E-state index in [-0.39, 0.29) is 11.8 Å². The van der Waals surface area contributed by atoms with Crippen LogP contribution < -0.4 is 0 Å². The number of ether oxygens (including phenoxy) is 1. The standard InChI is InChI=1S/C17H22N4O2S/c1-20-17-14(10-23-9-12-2-3-12)7-21(8-15(17)18-19-20)16(22)6-13-4-5-24-11-13/h4-5,11-12,14H,2-3,6-10H2,1H3/t14-/m1/s1. The molecule has 24 heavy (non-hydrogen) atoms. The highest BCUT2D eigenvalue weighted by Gasteiger charge is 2.33. The van der Waals surface area contributed by atoms with Crippen LogP contribution in [0.3, 0.4) is 0 Å². The summed E-state index contributed by atoms with van der Waals surface area (Å²) in [5, 5.41) is 12.4. The van der Waals surface area contributed by atoms with Gasteiger partial charge in [-0.25, -0.2) is 0 Å². The Hall–Kier alpha value is -1.73. The Morgan fingerprint density at radius 3 is 3.04 bits per heavy atom. The summed E-state index contributed by atoms with van der Waals surface area (Å²) in [6, 6.07) is 2.01. The lowest BCUT2D eigenvalue weighted by atomic mass is 9.98. The topological polar surface area (TPSA) is 60.2 Å². The molecule has 7 heteroatoms. The van der Waals surface area contributed by atoms with Gasteiger partial charge in [0.1, 0.15) is 5.69 Å². The van der Waals surface area contributed by atoms with Crippen molar-refractivity contribution in [3.8, 4) is 0 Å². The smallest absolute Gasteiger partial charge is 0.227 e. The van der Waals surface area contributed by atoms with Gasteiger partial charge in [-0.05, 0) is 41.1 Å². The molecule has 128 valence electrons. The molecule has 2 aromatic rings. The zero-order valence-electron chi connectivity index (χ0n) is 13.9. The summed E-state index contributed by atoms with van der Waals surface area (Å²) in [6.45, 7) is 2.69. The quantitative estimate of drug-likeness (QED) is 0.802. The van der Waals surface area contributed by atoms with Crippen LogP contribution in [-0.4, -0.2) is 45.6 Å². The molecule has 0 radical (unpaired) electrons. The van der Waals surface area contributed by atoms with Gasteiger partial charge in [-0.1, -0.05) is 5.21 Å². The van der Waals surface area contributed by atoms with Crippen molar-refractivity contribution in [3.05, 3.63) is 33.8 Å². The summed E-state index contributed by atoms with van der Waals surface area (Å²) in [5.41, 5.74) is 3.10. The zero-order chi connectivity index (χ0) is 16.5. The number of hydrogen-bond acceptors (Lipinski definition) is 5. The minimum atomic E-state index is 0.150. The Bertz CT molecular complexity index is 708. The number of nitrogens with zero attached hydrogens (tertiary/aromatic N) is 4. The van der Waals surface area contributed by atoms with Crippen molar-refractivity contribution in [3.63, 3.8) is 0 Å². The third kappa shape index (κ3) is 3.37. The van der Waals surface area contributed by atoms with Gasteiger partial charge in [0.15, 0.2) is 0 Å². The summed E-state index contributed by atoms with van der Waals surface area (Å²) in [5.74, 6) is 1.05. The molecule has 0 saturated heterocycles. The predicted molar refractivity (Wildman–Crippen MR) is 90.7 cm³/mol. The summed E-state index contributed by atoms with van der Waals surface area (Å²) < 4.78 is 7.74. The van der Waals surface area contributed by atoms with Crippen molar-refractivity contribution in [2.24, 2.45) is 13.0 Å². The van der Waals surface area contributed by atoms with Crippen molar-refractivity contribution < 1.29 is 9.53 Å². The van der Waals surface area contributed by atoms with Crippen LogP contribution in [0.25, 0.3) is 0 Å². The second kappa shape index (κ2) is 6.64. The number of fused-ring (bicyclic) bond motifs is 1. The fourth-order valence-corrected chi connectivity index (χ4v) is 3.95. The maximum absolute atomic E-state index is 12.7. The van der Waals surface area contributed by atoms with Crippen molar-refractivity contribution in [1.29, 1.82) is 0 Å². The first-order valence-corrected chi connectivity index (χ1v) is 9.40. The van der Waals surface area contributed by atoms with E-state index in [4.69, 9.17) is 4.74 Å². The molecular formula is C17H22N4O2S. The number of aromatic nitrogens is 3. The molecule has 6 nitrogen and oxygen atoms in total. The molecular weight excluding hydrogens is 324 g/mol. The maximum Gasteiger partial charge on any atom is 0.227 e. The van der Waals surface area contributed by atoms with Crippen LogP contribution in [0, 0.1) is 5.92 Å². The van der Waals surface area contributed by atoms with Crippen LogP contribution in [-0.2, 0) is 29.5 Å². The molecule has 1 aliphatic heterocycles. The van der Waals surface area contributed by atoms with E-state index >= 15 is 0 Å². The number of hydrogen-bond donors (Lipinski definition) is 0. The molecule has 1 atom stereocenters. The van der Waals surface area contributed by atoms with Crippen LogP contribution >= 0.6 is 11.3 Å². The van der Waals surface area contributed by atoms with Crippen molar-refractivity contribution in [2.75, 3.05) is 19.8 Å². The van der Waals surface area contributed by atoms with Crippen molar-refractivity contribution in [1.82, 2.24) is 19.9 Å². The third-order valence-corrected chi connectivity index (χ3v) is 5.50. The average Bonchev–Trinajstić information content (AvgIpc) is 3.10. The first-order valence-electron chi connectivity index (χ1n) is 8.45. The molecule has 0 N–H and O–H groups in total. The molecule has 1 aliphatic carbocycles. The molecule has 0 aromatic carbocycles. The molecule has 2 aliphatic rings. The van der Waals surface area contributed by atoms with Gasteiger partial charge in [-0.2, -0.15) is 11.3 Å². The first kappa shape index (κ1) is 15.8. The van der Waals surface area contributed by atoms with Gasteiger partial charge < -0.3 is 9.64 Å². The minimum Gasteiger partial charge on any atom is -0.380 e. The van der Waals surface area contributed by atoms with E-state index in [1.165, 1.54) is 12.8 Å². The normalized spacial score (nSPS) is 20.2. The maximum atomic E-state index is 12.7. The number of aryl methyl sites for hydroxylation is 1. The van der Waals surface area contributed by atoms with Gasteiger partial charge >= 0.3 is 0 Å². The highest BCUT2D eigenvalue weighted by atomic mass is 32.1. The minimum absolute atomic E-state index is 0.150. The van der Waals surface area contributed by atoms with E-state index in [1.54, 1.807) is 11.3 Å². The fourth-order valence-electron chi connectivity index (χ4n) is 3.28. The van der Waals surface area contributed by atoms with Crippen molar-refractivity contribution >= 4 is 17.2 Å². The van der Waals surface area contributed by atoms with Crippen LogP contribution in [0.2, 0.25) is 0 Å². The van der Waals surface area contributed by atoms with E-state index in [0.717, 1.165) is 29.5 Å². The molecule has 3 heterocycles. The Kier molecular flexibility index (Phi) is 4.37. The van der Waals surface area contributed by atoms with Gasteiger partial charge in [-0.3, -0.25) is 9.48 Å². The number of rotatable bonds is 6. The molecule has 0 spiro atoms. The van der Waals surface area contributed by atoms with E-state index < -0.39 is 0 Å². The van der Waals surface area contributed by atoms with E-state index in [2.05, 4.69) is 10.3 Å². The summed E-state index contributed by atoms with van der Waals surface area (Å²) in [7, 11) is 1.92. The Morgan fingerprint density at radius 2 is 2.29 bits per heavy atom. The number of carbonyl (C=O) groups excluding carboxylic acids is 1. The molecule has 1 fully saturated rings. The second-order valence-corrected chi connectivity index (χ2v) is 7.59. The van der Waals surface area contributed by atoms with Gasteiger partial charge in [0.25, 0.3) is 0 Å². The lowest BCUT2D eigenvalue weighted by Gasteiger charge is -2.32. The van der Waals surface area contributed by atoms with Crippen LogP contribution in [0.1, 0.15) is 35.7 Å². The molecule has 1 amide bonds. The summed E-state index contributed by atoms with van der Waals surface area (Å²) in [6.07, 6.45) is 3.03. The number of carbonyl (C=O) groups is 1. The van der Waals surface area contributed by atoms with E-state index in [0.29, 0.717) is 26.1 Å². The molecule has 2 aromatic heterocycles. The van der Waals surface area contributed by atoms with E-state index in [1.807, 2.05) is 33.5 Å². The summed E-state index contributed by atoms with van der Waals surface area (Å²) >= 11 is 1.62. The Morgan fingerprint density at radius 1 is 1.42 bits per heavy atom. The molecule has 0 unspecified atom stereocenters. The Balaban J connectivity index is 1.45. The van der Waals surface area contributed by atoms with Crippen LogP contribution in [0.4, 0.5) is 0 Å².